The maximum atomic E-state index is 4.12. The molecule has 0 spiro atoms. The minimum absolute atomic E-state index is 0. The van der Waals surface area contributed by atoms with Gasteiger partial charge in [0, 0.05) is 11.1 Å². The van der Waals surface area contributed by atoms with Crippen LogP contribution in [-0.4, -0.2) is 8.07 Å². The van der Waals surface area contributed by atoms with E-state index in [0.717, 1.165) is 6.42 Å². The zero-order chi connectivity index (χ0) is 21.7. The molecule has 6 rings (SSSR count). The second-order valence-electron chi connectivity index (χ2n) is 9.55. The third kappa shape index (κ3) is 4.27. The Morgan fingerprint density at radius 2 is 0.886 bits per heavy atom. The molecule has 0 amide bonds. The van der Waals surface area contributed by atoms with Crippen LogP contribution in [0.25, 0.3) is 22.3 Å². The molecule has 174 valence electrons. The Morgan fingerprint density at radius 1 is 0.600 bits per heavy atom. The van der Waals surface area contributed by atoms with E-state index in [1.807, 2.05) is 0 Å². The molecule has 4 aromatic rings. The number of rotatable bonds is 5. The van der Waals surface area contributed by atoms with Gasteiger partial charge in [-0.2, -0.15) is 0 Å². The molecule has 0 bridgehead atoms. The van der Waals surface area contributed by atoms with Crippen LogP contribution in [0.4, 0.5) is 0 Å². The summed E-state index contributed by atoms with van der Waals surface area (Å²) in [5.41, 5.74) is 12.9. The van der Waals surface area contributed by atoms with E-state index in [0.29, 0.717) is 11.1 Å². The molecule has 0 aliphatic heterocycles. The minimum Gasteiger partial charge on any atom is -1.00 e. The molecule has 0 heterocycles. The Hall–Kier alpha value is -1.70. The molecule has 0 aromatic heterocycles. The van der Waals surface area contributed by atoms with Gasteiger partial charge >= 0.3 is 26.2 Å². The van der Waals surface area contributed by atoms with Gasteiger partial charge in [-0.25, -0.2) is 0 Å². The second-order valence-corrected chi connectivity index (χ2v) is 14.2. The average Bonchev–Trinajstić information content (AvgIpc) is 3.37. The molecule has 2 aliphatic carbocycles. The summed E-state index contributed by atoms with van der Waals surface area (Å²) in [6.07, 6.45) is 3.20. The van der Waals surface area contributed by atoms with Gasteiger partial charge in [-0.1, -0.05) is 116 Å². The van der Waals surface area contributed by atoms with E-state index >= 15 is 0 Å². The third-order valence-electron chi connectivity index (χ3n) is 7.87. The molecule has 0 unspecified atom stereocenters. The van der Waals surface area contributed by atoms with E-state index in [1.54, 1.807) is 0 Å². The van der Waals surface area contributed by atoms with Crippen LogP contribution in [0, 0.1) is 0 Å². The fraction of sp³-hybridized carbons (Fsp3) is 0.161. The van der Waals surface area contributed by atoms with Gasteiger partial charge in [-0.15, -0.1) is 6.58 Å². The summed E-state index contributed by atoms with van der Waals surface area (Å²) in [6.45, 7) is 6.79. The summed E-state index contributed by atoms with van der Waals surface area (Å²) in [7, 11) is -1.98. The summed E-state index contributed by atoms with van der Waals surface area (Å²) >= 11 is 0. The quantitative estimate of drug-likeness (QED) is 0.248. The first kappa shape index (κ1) is 27.9. The number of allylic oxidation sites excluding steroid dienone is 1. The zero-order valence-electron chi connectivity index (χ0n) is 19.8. The molecule has 2 aliphatic rings. The standard InChI is InChI=1S/C31H28Si.2ClH.Zr/c1-3-4-21-32(2,30-26-17-9-5-13-22(26)23-14-6-10-18-27(23)30)31-28-19-11-7-15-24(28)25-16-8-12-20-29(25)31;;;/h3,5-20,30-31H,1,4,21H2,2H3;2*1H;/q;;;+2/p-2. The van der Waals surface area contributed by atoms with Gasteiger partial charge in [0.2, 0.25) is 0 Å². The predicted octanol–water partition coefficient (Wildman–Crippen LogP) is 2.35. The Bertz CT molecular complexity index is 1160. The largest absolute Gasteiger partial charge is 2.00 e. The fourth-order valence-corrected chi connectivity index (χ4v) is 12.2. The molecular formula is C31H28Cl2SiZr. The summed E-state index contributed by atoms with van der Waals surface area (Å²) in [6, 6.07) is 37.8. The van der Waals surface area contributed by atoms with E-state index in [1.165, 1.54) is 50.6 Å². The van der Waals surface area contributed by atoms with Crippen molar-refractivity contribution in [2.24, 2.45) is 0 Å². The van der Waals surface area contributed by atoms with Gasteiger partial charge in [0.15, 0.2) is 0 Å². The second kappa shape index (κ2) is 11.1. The van der Waals surface area contributed by atoms with E-state index in [4.69, 9.17) is 0 Å². The normalized spacial score (nSPS) is 13.3. The maximum Gasteiger partial charge on any atom is 2.00 e. The van der Waals surface area contributed by atoms with Crippen molar-refractivity contribution >= 4 is 8.07 Å². The van der Waals surface area contributed by atoms with Gasteiger partial charge in [-0.05, 0) is 50.9 Å². The smallest absolute Gasteiger partial charge is 1.00 e. The number of fused-ring (bicyclic) bond motifs is 6. The number of benzene rings is 4. The Balaban J connectivity index is 0.00000114. The average molecular weight is 591 g/mol. The van der Waals surface area contributed by atoms with Gasteiger partial charge < -0.3 is 24.8 Å². The van der Waals surface area contributed by atoms with E-state index < -0.39 is 8.07 Å². The molecule has 4 aromatic carbocycles. The summed E-state index contributed by atoms with van der Waals surface area (Å²) in [5.74, 6) is 0. The van der Waals surface area contributed by atoms with Crippen LogP contribution in [0.1, 0.15) is 39.8 Å². The van der Waals surface area contributed by atoms with Crippen molar-refractivity contribution in [3.05, 3.63) is 132 Å². The molecule has 4 heteroatoms. The SMILES string of the molecule is C=CCC[Si](C)(C1c2ccccc2-c2ccccc21)C1c2ccccc2-c2ccccc21.[Cl-].[Cl-].[Zr+2]. The number of hydrogen-bond donors (Lipinski definition) is 0. The molecule has 0 atom stereocenters. The molecule has 0 nitrogen and oxygen atoms in total. The first-order valence-electron chi connectivity index (χ1n) is 11.7. The molecule has 0 saturated carbocycles. The Kier molecular flexibility index (Phi) is 8.87. The first-order chi connectivity index (χ1) is 15.7. The Labute approximate surface area is 241 Å². The first-order valence-corrected chi connectivity index (χ1v) is 14.6. The molecule has 0 radical (unpaired) electrons. The molecule has 0 N–H and O–H groups in total. The van der Waals surface area contributed by atoms with E-state index in [9.17, 15) is 0 Å². The molecule has 35 heavy (non-hydrogen) atoms. The maximum absolute atomic E-state index is 4.12. The minimum atomic E-state index is -1.98. The van der Waals surface area contributed by atoms with Crippen LogP contribution >= 0.6 is 0 Å². The predicted molar refractivity (Wildman–Crippen MR) is 139 cm³/mol. The Morgan fingerprint density at radius 3 is 1.17 bits per heavy atom. The van der Waals surface area contributed by atoms with Gasteiger partial charge in [-0.3, -0.25) is 0 Å². The fourth-order valence-electron chi connectivity index (χ4n) is 6.60. The third-order valence-corrected chi connectivity index (χ3v) is 13.1. The van der Waals surface area contributed by atoms with Crippen molar-refractivity contribution in [1.82, 2.24) is 0 Å². The topological polar surface area (TPSA) is 0 Å². The van der Waals surface area contributed by atoms with Crippen molar-refractivity contribution in [3.8, 4) is 22.3 Å². The van der Waals surface area contributed by atoms with Crippen LogP contribution < -0.4 is 24.8 Å². The number of halogens is 2. The zero-order valence-corrected chi connectivity index (χ0v) is 24.8. The van der Waals surface area contributed by atoms with E-state index in [2.05, 4.69) is 116 Å². The van der Waals surface area contributed by atoms with Crippen molar-refractivity contribution in [3.63, 3.8) is 0 Å². The summed E-state index contributed by atoms with van der Waals surface area (Å²) in [5, 5.41) is 0. The monoisotopic (exact) mass is 588 g/mol. The van der Waals surface area contributed by atoms with Crippen molar-refractivity contribution in [1.29, 1.82) is 0 Å². The molecule has 0 fully saturated rings. The van der Waals surface area contributed by atoms with E-state index in [-0.39, 0.29) is 51.0 Å². The molecular weight excluding hydrogens is 563 g/mol. The van der Waals surface area contributed by atoms with Gasteiger partial charge in [0.05, 0.1) is 8.07 Å². The van der Waals surface area contributed by atoms with Crippen molar-refractivity contribution in [2.45, 2.75) is 30.1 Å². The summed E-state index contributed by atoms with van der Waals surface area (Å²) < 4.78 is 0. The van der Waals surface area contributed by atoms with Crippen LogP contribution in [0.15, 0.2) is 110 Å². The van der Waals surface area contributed by atoms with Gasteiger partial charge in [0.25, 0.3) is 0 Å². The van der Waals surface area contributed by atoms with Crippen LogP contribution in [0.2, 0.25) is 12.6 Å². The van der Waals surface area contributed by atoms with Gasteiger partial charge in [0.1, 0.15) is 0 Å². The van der Waals surface area contributed by atoms with Crippen LogP contribution in [0.5, 0.6) is 0 Å². The summed E-state index contributed by atoms with van der Waals surface area (Å²) in [4.78, 5) is 0. The van der Waals surface area contributed by atoms with Crippen molar-refractivity contribution < 1.29 is 51.0 Å². The molecule has 0 saturated heterocycles. The number of hydrogen-bond acceptors (Lipinski definition) is 0. The van der Waals surface area contributed by atoms with Crippen LogP contribution in [0.3, 0.4) is 0 Å². The van der Waals surface area contributed by atoms with Crippen molar-refractivity contribution in [2.75, 3.05) is 0 Å². The van der Waals surface area contributed by atoms with Crippen LogP contribution in [-0.2, 0) is 26.2 Å².